The largest absolute Gasteiger partial charge is 0.327 e. The molecule has 128 valence electrons. The molecule has 0 heterocycles. The van der Waals surface area contributed by atoms with E-state index in [-0.39, 0.29) is 24.2 Å². The van der Waals surface area contributed by atoms with Gasteiger partial charge in [0.2, 0.25) is 5.91 Å². The summed E-state index contributed by atoms with van der Waals surface area (Å²) in [5, 5.41) is 3.10. The number of hydrogen-bond donors (Lipinski definition) is 2. The summed E-state index contributed by atoms with van der Waals surface area (Å²) >= 11 is 1.81. The fourth-order valence-electron chi connectivity index (χ4n) is 4.10. The van der Waals surface area contributed by atoms with Gasteiger partial charge in [-0.05, 0) is 61.5 Å². The number of carbonyl (C=O) groups is 1. The Kier molecular flexibility index (Phi) is 6.81. The Hall–Kier alpha value is -0.710. The lowest BCUT2D eigenvalue weighted by Gasteiger charge is -2.43. The molecular formula is C18H27ClN2OS. The van der Waals surface area contributed by atoms with Crippen LogP contribution in [0, 0.1) is 17.8 Å². The number of fused-ring (bicyclic) bond motifs is 2. The van der Waals surface area contributed by atoms with Gasteiger partial charge in [-0.2, -0.15) is 11.8 Å². The molecule has 2 saturated carbocycles. The summed E-state index contributed by atoms with van der Waals surface area (Å²) in [7, 11) is 0. The normalized spacial score (nSPS) is 29.5. The van der Waals surface area contributed by atoms with Crippen molar-refractivity contribution in [3.63, 3.8) is 0 Å². The van der Waals surface area contributed by atoms with Gasteiger partial charge in [0, 0.05) is 23.4 Å². The molecule has 0 spiro atoms. The third-order valence-electron chi connectivity index (χ3n) is 5.32. The number of halogens is 1. The standard InChI is InChI=1S/C18H26N2OS.ClH/c1-22-11-12-5-7-16(8-6-12)20-18(21)15-9-13-3-2-4-14(10-15)17(13)19;/h5-8,13-15,17H,2-4,9-11,19H2,1H3,(H,20,21);1H. The molecule has 5 heteroatoms. The Morgan fingerprint density at radius 2 is 1.83 bits per heavy atom. The van der Waals surface area contributed by atoms with Crippen molar-refractivity contribution in [2.75, 3.05) is 11.6 Å². The van der Waals surface area contributed by atoms with Crippen LogP contribution in [0.3, 0.4) is 0 Å². The lowest BCUT2D eigenvalue weighted by Crippen LogP contribution is -2.48. The summed E-state index contributed by atoms with van der Waals surface area (Å²) < 4.78 is 0. The highest BCUT2D eigenvalue weighted by atomic mass is 35.5. The molecule has 1 aromatic rings. The van der Waals surface area contributed by atoms with Crippen LogP contribution in [0.25, 0.3) is 0 Å². The van der Waals surface area contributed by atoms with E-state index < -0.39 is 0 Å². The molecule has 0 radical (unpaired) electrons. The Morgan fingerprint density at radius 3 is 2.39 bits per heavy atom. The Labute approximate surface area is 149 Å². The molecule has 0 aromatic heterocycles. The molecule has 0 aliphatic heterocycles. The SMILES string of the molecule is CSCc1ccc(NC(=O)C2CC3CCCC(C2)C3N)cc1.Cl. The molecule has 1 amide bonds. The van der Waals surface area contributed by atoms with Crippen molar-refractivity contribution in [3.05, 3.63) is 29.8 Å². The van der Waals surface area contributed by atoms with Gasteiger partial charge in [0.1, 0.15) is 0 Å². The van der Waals surface area contributed by atoms with Crippen LogP contribution in [0.2, 0.25) is 0 Å². The smallest absolute Gasteiger partial charge is 0.227 e. The minimum atomic E-state index is 0. The average molecular weight is 355 g/mol. The number of anilines is 1. The molecule has 2 atom stereocenters. The molecule has 2 aliphatic rings. The van der Waals surface area contributed by atoms with E-state index in [9.17, 15) is 4.79 Å². The molecule has 2 bridgehead atoms. The number of hydrogen-bond acceptors (Lipinski definition) is 3. The molecule has 3 N–H and O–H groups in total. The highest BCUT2D eigenvalue weighted by Crippen LogP contribution is 2.42. The first-order valence-electron chi connectivity index (χ1n) is 8.31. The summed E-state index contributed by atoms with van der Waals surface area (Å²) in [6.07, 6.45) is 7.71. The summed E-state index contributed by atoms with van der Waals surface area (Å²) in [4.78, 5) is 12.6. The van der Waals surface area contributed by atoms with E-state index in [4.69, 9.17) is 5.73 Å². The Morgan fingerprint density at radius 1 is 1.22 bits per heavy atom. The quantitative estimate of drug-likeness (QED) is 0.857. The van der Waals surface area contributed by atoms with Gasteiger partial charge in [-0.1, -0.05) is 18.6 Å². The van der Waals surface area contributed by atoms with E-state index in [1.807, 2.05) is 23.9 Å². The second-order valence-electron chi connectivity index (χ2n) is 6.82. The van der Waals surface area contributed by atoms with Crippen LogP contribution in [-0.4, -0.2) is 18.2 Å². The maximum Gasteiger partial charge on any atom is 0.227 e. The van der Waals surface area contributed by atoms with Crippen molar-refractivity contribution in [2.24, 2.45) is 23.5 Å². The first-order chi connectivity index (χ1) is 10.7. The number of benzene rings is 1. The fraction of sp³-hybridized carbons (Fsp3) is 0.611. The van der Waals surface area contributed by atoms with E-state index in [1.165, 1.54) is 24.8 Å². The van der Waals surface area contributed by atoms with Crippen molar-refractivity contribution in [1.29, 1.82) is 0 Å². The van der Waals surface area contributed by atoms with Gasteiger partial charge in [-0.3, -0.25) is 4.79 Å². The molecule has 0 saturated heterocycles. The van der Waals surface area contributed by atoms with Crippen molar-refractivity contribution in [1.82, 2.24) is 0 Å². The van der Waals surface area contributed by atoms with E-state index in [0.29, 0.717) is 17.9 Å². The summed E-state index contributed by atoms with van der Waals surface area (Å²) in [5.41, 5.74) is 8.52. The van der Waals surface area contributed by atoms with E-state index in [0.717, 1.165) is 24.3 Å². The van der Waals surface area contributed by atoms with Gasteiger partial charge in [0.15, 0.2) is 0 Å². The van der Waals surface area contributed by atoms with Crippen LogP contribution in [-0.2, 0) is 10.5 Å². The molecule has 1 aromatic carbocycles. The molecule has 2 aliphatic carbocycles. The predicted octanol–water partition coefficient (Wildman–Crippen LogP) is 4.06. The van der Waals surface area contributed by atoms with Crippen LogP contribution in [0.15, 0.2) is 24.3 Å². The van der Waals surface area contributed by atoms with Gasteiger partial charge in [0.25, 0.3) is 0 Å². The minimum absolute atomic E-state index is 0. The zero-order chi connectivity index (χ0) is 15.5. The van der Waals surface area contributed by atoms with Gasteiger partial charge in [0.05, 0.1) is 0 Å². The van der Waals surface area contributed by atoms with Crippen molar-refractivity contribution in [2.45, 2.75) is 43.9 Å². The van der Waals surface area contributed by atoms with Crippen LogP contribution in [0.4, 0.5) is 5.69 Å². The lowest BCUT2D eigenvalue weighted by atomic mass is 9.65. The Bertz CT molecular complexity index is 508. The number of nitrogens with one attached hydrogen (secondary N) is 1. The molecule has 2 fully saturated rings. The highest BCUT2D eigenvalue weighted by molar-refractivity contribution is 7.97. The molecule has 3 rings (SSSR count). The van der Waals surface area contributed by atoms with E-state index >= 15 is 0 Å². The molecular weight excluding hydrogens is 328 g/mol. The third-order valence-corrected chi connectivity index (χ3v) is 5.94. The highest BCUT2D eigenvalue weighted by Gasteiger charge is 2.40. The summed E-state index contributed by atoms with van der Waals surface area (Å²) in [6.45, 7) is 0. The average Bonchev–Trinajstić information content (AvgIpc) is 2.49. The van der Waals surface area contributed by atoms with Gasteiger partial charge >= 0.3 is 0 Å². The topological polar surface area (TPSA) is 55.1 Å². The number of nitrogens with two attached hydrogens (primary N) is 1. The number of carbonyl (C=O) groups excluding carboxylic acids is 1. The van der Waals surface area contributed by atoms with E-state index in [1.54, 1.807) is 0 Å². The lowest BCUT2D eigenvalue weighted by molar-refractivity contribution is -0.122. The van der Waals surface area contributed by atoms with Crippen LogP contribution >= 0.6 is 24.2 Å². The Balaban J connectivity index is 0.00000192. The zero-order valence-electron chi connectivity index (χ0n) is 13.7. The first-order valence-corrected chi connectivity index (χ1v) is 9.71. The number of amides is 1. The minimum Gasteiger partial charge on any atom is -0.327 e. The molecule has 3 nitrogen and oxygen atoms in total. The van der Waals surface area contributed by atoms with Crippen LogP contribution in [0.5, 0.6) is 0 Å². The number of thioether (sulfide) groups is 1. The monoisotopic (exact) mass is 354 g/mol. The first kappa shape index (κ1) is 18.6. The maximum atomic E-state index is 12.6. The van der Waals surface area contributed by atoms with Crippen LogP contribution < -0.4 is 11.1 Å². The fourth-order valence-corrected chi connectivity index (χ4v) is 4.62. The zero-order valence-corrected chi connectivity index (χ0v) is 15.3. The van der Waals surface area contributed by atoms with Crippen molar-refractivity contribution < 1.29 is 4.79 Å². The summed E-state index contributed by atoms with van der Waals surface area (Å²) in [5.74, 6) is 2.43. The second kappa shape index (κ2) is 8.41. The van der Waals surface area contributed by atoms with Gasteiger partial charge in [-0.15, -0.1) is 12.4 Å². The molecule has 23 heavy (non-hydrogen) atoms. The number of rotatable bonds is 4. The second-order valence-corrected chi connectivity index (χ2v) is 7.68. The maximum absolute atomic E-state index is 12.6. The van der Waals surface area contributed by atoms with E-state index in [2.05, 4.69) is 23.7 Å². The van der Waals surface area contributed by atoms with Crippen molar-refractivity contribution >= 4 is 35.8 Å². The molecule has 2 unspecified atom stereocenters. The van der Waals surface area contributed by atoms with Gasteiger partial charge < -0.3 is 11.1 Å². The van der Waals surface area contributed by atoms with Gasteiger partial charge in [-0.25, -0.2) is 0 Å². The van der Waals surface area contributed by atoms with Crippen molar-refractivity contribution in [3.8, 4) is 0 Å². The predicted molar refractivity (Wildman–Crippen MR) is 101 cm³/mol. The van der Waals surface area contributed by atoms with Crippen LogP contribution in [0.1, 0.15) is 37.7 Å². The third kappa shape index (κ3) is 4.43. The summed E-state index contributed by atoms with van der Waals surface area (Å²) in [6, 6.07) is 8.54.